The number of nitrogens with zero attached hydrogens (tertiary/aromatic N) is 1. The van der Waals surface area contributed by atoms with E-state index in [0.29, 0.717) is 32.2 Å². The first kappa shape index (κ1) is 16.7. The molecule has 0 saturated carbocycles. The molecule has 0 spiro atoms. The SMILES string of the molecule is N#CC(=Cc1ccc(-c2ccc(Cl)cc2Cl)o1)c1ccc(Cl)cc1. The molecule has 3 aromatic rings. The third-order valence-corrected chi connectivity index (χ3v) is 4.19. The lowest BCUT2D eigenvalue weighted by Gasteiger charge is -2.01. The van der Waals surface area contributed by atoms with Crippen molar-refractivity contribution in [3.05, 3.63) is 81.0 Å². The van der Waals surface area contributed by atoms with Crippen LogP contribution in [0, 0.1) is 11.3 Å². The molecule has 0 bridgehead atoms. The molecule has 2 nitrogen and oxygen atoms in total. The number of hydrogen-bond donors (Lipinski definition) is 0. The van der Waals surface area contributed by atoms with Gasteiger partial charge >= 0.3 is 0 Å². The highest BCUT2D eigenvalue weighted by atomic mass is 35.5. The third-order valence-electron chi connectivity index (χ3n) is 3.39. The topological polar surface area (TPSA) is 36.9 Å². The Bertz CT molecular complexity index is 949. The predicted octanol–water partition coefficient (Wildman–Crippen LogP) is 6.97. The highest BCUT2D eigenvalue weighted by Gasteiger charge is 2.09. The number of benzene rings is 2. The van der Waals surface area contributed by atoms with Crippen LogP contribution in [-0.4, -0.2) is 0 Å². The Morgan fingerprint density at radius 1 is 0.917 bits per heavy atom. The van der Waals surface area contributed by atoms with Crippen molar-refractivity contribution < 1.29 is 4.42 Å². The molecule has 0 aliphatic heterocycles. The van der Waals surface area contributed by atoms with Gasteiger partial charge in [-0.2, -0.15) is 5.26 Å². The zero-order chi connectivity index (χ0) is 17.1. The van der Waals surface area contributed by atoms with Crippen LogP contribution in [0.5, 0.6) is 0 Å². The number of halogens is 3. The molecular formula is C19H10Cl3NO. The van der Waals surface area contributed by atoms with E-state index in [-0.39, 0.29) is 0 Å². The fourth-order valence-corrected chi connectivity index (χ4v) is 2.84. The lowest BCUT2D eigenvalue weighted by atomic mass is 10.1. The van der Waals surface area contributed by atoms with Crippen molar-refractivity contribution in [1.29, 1.82) is 5.26 Å². The van der Waals surface area contributed by atoms with Gasteiger partial charge in [-0.05, 0) is 54.1 Å². The normalized spacial score (nSPS) is 11.3. The van der Waals surface area contributed by atoms with Gasteiger partial charge in [-0.3, -0.25) is 0 Å². The molecule has 118 valence electrons. The summed E-state index contributed by atoms with van der Waals surface area (Å²) in [6.45, 7) is 0. The average molecular weight is 375 g/mol. The van der Waals surface area contributed by atoms with Crippen LogP contribution in [0.15, 0.2) is 59.0 Å². The second kappa shape index (κ2) is 7.15. The van der Waals surface area contributed by atoms with Crippen molar-refractivity contribution in [2.24, 2.45) is 0 Å². The fourth-order valence-electron chi connectivity index (χ4n) is 2.22. The molecule has 0 aliphatic carbocycles. The minimum atomic E-state index is 0.481. The molecule has 24 heavy (non-hydrogen) atoms. The summed E-state index contributed by atoms with van der Waals surface area (Å²) in [6.07, 6.45) is 1.68. The smallest absolute Gasteiger partial charge is 0.136 e. The van der Waals surface area contributed by atoms with Crippen LogP contribution in [-0.2, 0) is 0 Å². The van der Waals surface area contributed by atoms with E-state index < -0.39 is 0 Å². The first-order valence-electron chi connectivity index (χ1n) is 7.00. The summed E-state index contributed by atoms with van der Waals surface area (Å²) in [4.78, 5) is 0. The maximum Gasteiger partial charge on any atom is 0.136 e. The molecule has 0 fully saturated rings. The first-order chi connectivity index (χ1) is 11.6. The molecule has 0 aliphatic rings. The second-order valence-electron chi connectivity index (χ2n) is 5.00. The van der Waals surface area contributed by atoms with Gasteiger partial charge < -0.3 is 4.42 Å². The standard InChI is InChI=1S/C19H10Cl3NO/c20-14-3-1-12(2-4-14)13(11-23)9-16-6-8-19(24-16)17-7-5-15(21)10-18(17)22/h1-10H. The molecule has 0 unspecified atom stereocenters. The van der Waals surface area contributed by atoms with Crippen molar-refractivity contribution in [1.82, 2.24) is 0 Å². The second-order valence-corrected chi connectivity index (χ2v) is 6.28. The van der Waals surface area contributed by atoms with Gasteiger partial charge in [0.05, 0.1) is 16.7 Å². The fraction of sp³-hybridized carbons (Fsp3) is 0. The van der Waals surface area contributed by atoms with Crippen LogP contribution in [0.2, 0.25) is 15.1 Å². The molecule has 1 aromatic heterocycles. The maximum atomic E-state index is 9.38. The van der Waals surface area contributed by atoms with E-state index in [4.69, 9.17) is 39.2 Å². The molecule has 0 atom stereocenters. The van der Waals surface area contributed by atoms with E-state index in [0.717, 1.165) is 11.1 Å². The first-order valence-corrected chi connectivity index (χ1v) is 8.13. The van der Waals surface area contributed by atoms with Crippen molar-refractivity contribution in [3.8, 4) is 17.4 Å². The van der Waals surface area contributed by atoms with Crippen LogP contribution >= 0.6 is 34.8 Å². The number of hydrogen-bond acceptors (Lipinski definition) is 2. The summed E-state index contributed by atoms with van der Waals surface area (Å²) in [6, 6.07) is 18.0. The maximum absolute atomic E-state index is 9.38. The Hall–Kier alpha value is -2.18. The zero-order valence-electron chi connectivity index (χ0n) is 12.3. The summed E-state index contributed by atoms with van der Waals surface area (Å²) in [7, 11) is 0. The van der Waals surface area contributed by atoms with E-state index in [1.165, 1.54) is 0 Å². The average Bonchev–Trinajstić information content (AvgIpc) is 3.02. The van der Waals surface area contributed by atoms with Gasteiger partial charge in [-0.25, -0.2) is 0 Å². The van der Waals surface area contributed by atoms with E-state index in [9.17, 15) is 5.26 Å². The Morgan fingerprint density at radius 3 is 2.29 bits per heavy atom. The van der Waals surface area contributed by atoms with E-state index in [1.807, 2.05) is 0 Å². The molecule has 1 heterocycles. The van der Waals surface area contributed by atoms with Crippen molar-refractivity contribution in [2.75, 3.05) is 0 Å². The van der Waals surface area contributed by atoms with Gasteiger partial charge in [0, 0.05) is 15.6 Å². The number of furan rings is 1. The van der Waals surface area contributed by atoms with Gasteiger partial charge in [0.1, 0.15) is 11.5 Å². The van der Waals surface area contributed by atoms with E-state index in [1.54, 1.807) is 60.7 Å². The molecule has 0 saturated heterocycles. The largest absolute Gasteiger partial charge is 0.457 e. The Kier molecular flexibility index (Phi) is 4.97. The molecule has 2 aromatic carbocycles. The van der Waals surface area contributed by atoms with E-state index in [2.05, 4.69) is 6.07 Å². The molecular weight excluding hydrogens is 365 g/mol. The van der Waals surface area contributed by atoms with Crippen LogP contribution in [0.4, 0.5) is 0 Å². The summed E-state index contributed by atoms with van der Waals surface area (Å²) in [5.74, 6) is 1.17. The summed E-state index contributed by atoms with van der Waals surface area (Å²) >= 11 is 18.0. The highest BCUT2D eigenvalue weighted by Crippen LogP contribution is 2.32. The monoisotopic (exact) mass is 373 g/mol. The Morgan fingerprint density at radius 2 is 1.62 bits per heavy atom. The summed E-state index contributed by atoms with van der Waals surface area (Å²) < 4.78 is 5.79. The van der Waals surface area contributed by atoms with Crippen LogP contribution < -0.4 is 0 Å². The van der Waals surface area contributed by atoms with Crippen molar-refractivity contribution >= 4 is 46.5 Å². The van der Waals surface area contributed by atoms with Gasteiger partial charge in [-0.1, -0.05) is 46.9 Å². The molecule has 0 N–H and O–H groups in total. The van der Waals surface area contributed by atoms with Gasteiger partial charge in [-0.15, -0.1) is 0 Å². The molecule has 0 radical (unpaired) electrons. The summed E-state index contributed by atoms with van der Waals surface area (Å²) in [5.41, 5.74) is 1.99. The van der Waals surface area contributed by atoms with Crippen molar-refractivity contribution in [2.45, 2.75) is 0 Å². The van der Waals surface area contributed by atoms with Crippen LogP contribution in [0.1, 0.15) is 11.3 Å². The third kappa shape index (κ3) is 3.66. The quantitative estimate of drug-likeness (QED) is 0.464. The number of nitriles is 1. The predicted molar refractivity (Wildman–Crippen MR) is 99.1 cm³/mol. The molecule has 0 amide bonds. The minimum absolute atomic E-state index is 0.481. The number of allylic oxidation sites excluding steroid dienone is 1. The zero-order valence-corrected chi connectivity index (χ0v) is 14.5. The highest BCUT2D eigenvalue weighted by molar-refractivity contribution is 6.36. The van der Waals surface area contributed by atoms with Crippen LogP contribution in [0.3, 0.4) is 0 Å². The molecule has 3 rings (SSSR count). The van der Waals surface area contributed by atoms with Crippen LogP contribution in [0.25, 0.3) is 23.0 Å². The van der Waals surface area contributed by atoms with Gasteiger partial charge in [0.15, 0.2) is 0 Å². The lowest BCUT2D eigenvalue weighted by Crippen LogP contribution is -1.80. The van der Waals surface area contributed by atoms with Gasteiger partial charge in [0.25, 0.3) is 0 Å². The van der Waals surface area contributed by atoms with E-state index >= 15 is 0 Å². The van der Waals surface area contributed by atoms with Crippen molar-refractivity contribution in [3.63, 3.8) is 0 Å². The molecule has 5 heteroatoms. The Balaban J connectivity index is 1.95. The minimum Gasteiger partial charge on any atom is -0.457 e. The van der Waals surface area contributed by atoms with Gasteiger partial charge in [0.2, 0.25) is 0 Å². The Labute approximate surface area is 154 Å². The summed E-state index contributed by atoms with van der Waals surface area (Å²) in [5, 5.41) is 11.1. The lowest BCUT2D eigenvalue weighted by molar-refractivity contribution is 0.572. The number of rotatable bonds is 3.